The van der Waals surface area contributed by atoms with Crippen molar-refractivity contribution in [1.82, 2.24) is 24.4 Å². The molecule has 0 N–H and O–H groups in total. The van der Waals surface area contributed by atoms with E-state index in [1.807, 2.05) is 34.7 Å². The van der Waals surface area contributed by atoms with Crippen LogP contribution >= 0.6 is 0 Å². The van der Waals surface area contributed by atoms with Gasteiger partial charge in [0.05, 0.1) is 5.69 Å². The zero-order valence-corrected chi connectivity index (χ0v) is 15.4. The lowest BCUT2D eigenvalue weighted by molar-refractivity contribution is -0.143. The van der Waals surface area contributed by atoms with Gasteiger partial charge in [0, 0.05) is 50.4 Å². The van der Waals surface area contributed by atoms with Crippen LogP contribution in [-0.4, -0.2) is 61.9 Å². The first-order chi connectivity index (χ1) is 12.5. The number of fused-ring (bicyclic) bond motifs is 1. The van der Waals surface area contributed by atoms with Crippen molar-refractivity contribution in [2.24, 2.45) is 0 Å². The second-order valence-corrected chi connectivity index (χ2v) is 7.40. The number of aromatic nitrogens is 3. The first-order valence-electron chi connectivity index (χ1n) is 9.42. The molecule has 2 aliphatic heterocycles. The summed E-state index contributed by atoms with van der Waals surface area (Å²) in [6.45, 7) is 5.70. The topological polar surface area (TPSA) is 70.8 Å². The molecule has 7 nitrogen and oxygen atoms in total. The van der Waals surface area contributed by atoms with Crippen LogP contribution in [0.2, 0.25) is 0 Å². The van der Waals surface area contributed by atoms with Gasteiger partial charge in [0.2, 0.25) is 11.8 Å². The van der Waals surface area contributed by atoms with Crippen LogP contribution in [0.4, 0.5) is 0 Å². The van der Waals surface area contributed by atoms with E-state index in [9.17, 15) is 9.59 Å². The molecule has 7 heteroatoms. The van der Waals surface area contributed by atoms with Crippen LogP contribution in [0.5, 0.6) is 0 Å². The number of rotatable bonds is 2. The molecular weight excluding hydrogens is 330 g/mol. The first-order valence-corrected chi connectivity index (χ1v) is 9.42. The Balaban J connectivity index is 1.45. The summed E-state index contributed by atoms with van der Waals surface area (Å²) in [4.78, 5) is 32.7. The number of hydrogen-bond donors (Lipinski definition) is 0. The van der Waals surface area contributed by atoms with Gasteiger partial charge in [-0.25, -0.2) is 9.50 Å². The zero-order valence-electron chi connectivity index (χ0n) is 15.4. The summed E-state index contributed by atoms with van der Waals surface area (Å²) in [5.41, 5.74) is 3.01. The Morgan fingerprint density at radius 2 is 1.92 bits per heavy atom. The standard InChI is InChI=1S/C19H25N5O2/c1-13-12-18-20-8-5-16(24(18)21-13)15-6-10-22(11-7-15)19(26)17-4-3-9-23(17)14(2)25/h5,8,12,15,17H,3-4,6-7,9-11H2,1-2H3. The van der Waals surface area contributed by atoms with Gasteiger partial charge in [-0.15, -0.1) is 0 Å². The molecule has 4 rings (SSSR count). The lowest BCUT2D eigenvalue weighted by Gasteiger charge is -2.35. The van der Waals surface area contributed by atoms with E-state index in [4.69, 9.17) is 0 Å². The molecule has 1 atom stereocenters. The number of amides is 2. The largest absolute Gasteiger partial charge is 0.341 e. The zero-order chi connectivity index (χ0) is 18.3. The molecule has 2 aromatic heterocycles. The fourth-order valence-corrected chi connectivity index (χ4v) is 4.34. The number of likely N-dealkylation sites (tertiary alicyclic amines) is 2. The van der Waals surface area contributed by atoms with Crippen LogP contribution in [0.25, 0.3) is 5.65 Å². The van der Waals surface area contributed by atoms with E-state index in [0.717, 1.165) is 50.1 Å². The Labute approximate surface area is 153 Å². The van der Waals surface area contributed by atoms with Crippen LogP contribution < -0.4 is 0 Å². The minimum atomic E-state index is -0.259. The Morgan fingerprint density at radius 1 is 1.15 bits per heavy atom. The third-order valence-corrected chi connectivity index (χ3v) is 5.68. The molecular formula is C19H25N5O2. The molecule has 2 aromatic rings. The average Bonchev–Trinajstić information content (AvgIpc) is 3.26. The van der Waals surface area contributed by atoms with Crippen LogP contribution in [0.15, 0.2) is 18.3 Å². The van der Waals surface area contributed by atoms with Gasteiger partial charge in [0.25, 0.3) is 0 Å². The quantitative estimate of drug-likeness (QED) is 0.823. The maximum absolute atomic E-state index is 12.9. The molecule has 26 heavy (non-hydrogen) atoms. The molecule has 0 aromatic carbocycles. The smallest absolute Gasteiger partial charge is 0.245 e. The molecule has 0 saturated carbocycles. The van der Waals surface area contributed by atoms with Crippen LogP contribution in [-0.2, 0) is 9.59 Å². The minimum Gasteiger partial charge on any atom is -0.341 e. The number of carbonyl (C=O) groups excluding carboxylic acids is 2. The van der Waals surface area contributed by atoms with E-state index in [0.29, 0.717) is 12.5 Å². The SMILES string of the molecule is CC(=O)N1CCCC1C(=O)N1CCC(c2ccnc3cc(C)nn23)CC1. The van der Waals surface area contributed by atoms with Crippen molar-refractivity contribution < 1.29 is 9.59 Å². The molecule has 0 radical (unpaired) electrons. The summed E-state index contributed by atoms with van der Waals surface area (Å²) in [7, 11) is 0. The van der Waals surface area contributed by atoms with Crippen LogP contribution in [0, 0.1) is 6.92 Å². The van der Waals surface area contributed by atoms with Gasteiger partial charge in [0.15, 0.2) is 5.65 Å². The monoisotopic (exact) mass is 355 g/mol. The first kappa shape index (κ1) is 17.0. The van der Waals surface area contributed by atoms with Gasteiger partial charge >= 0.3 is 0 Å². The fourth-order valence-electron chi connectivity index (χ4n) is 4.34. The van der Waals surface area contributed by atoms with Crippen molar-refractivity contribution in [3.8, 4) is 0 Å². The maximum atomic E-state index is 12.9. The summed E-state index contributed by atoms with van der Waals surface area (Å²) >= 11 is 0. The predicted octanol–water partition coefficient (Wildman–Crippen LogP) is 1.75. The molecule has 2 saturated heterocycles. The highest BCUT2D eigenvalue weighted by Gasteiger charge is 2.36. The maximum Gasteiger partial charge on any atom is 0.245 e. The lowest BCUT2D eigenvalue weighted by atomic mass is 9.92. The fraction of sp³-hybridized carbons (Fsp3) is 0.579. The highest BCUT2D eigenvalue weighted by molar-refractivity contribution is 5.87. The number of carbonyl (C=O) groups is 2. The molecule has 1 unspecified atom stereocenters. The normalized spacial score (nSPS) is 21.5. The number of aryl methyl sites for hydroxylation is 1. The summed E-state index contributed by atoms with van der Waals surface area (Å²) in [5.74, 6) is 0.492. The Hall–Kier alpha value is -2.44. The van der Waals surface area contributed by atoms with Crippen molar-refractivity contribution >= 4 is 17.5 Å². The predicted molar refractivity (Wildman–Crippen MR) is 96.7 cm³/mol. The Morgan fingerprint density at radius 3 is 2.65 bits per heavy atom. The second kappa shape index (κ2) is 6.70. The number of nitrogens with zero attached hydrogens (tertiary/aromatic N) is 5. The summed E-state index contributed by atoms with van der Waals surface area (Å²) in [6.07, 6.45) is 5.37. The van der Waals surface area contributed by atoms with E-state index in [1.54, 1.807) is 11.8 Å². The van der Waals surface area contributed by atoms with Crippen molar-refractivity contribution in [3.63, 3.8) is 0 Å². The molecule has 138 valence electrons. The summed E-state index contributed by atoms with van der Waals surface area (Å²) in [6, 6.07) is 3.76. The van der Waals surface area contributed by atoms with E-state index >= 15 is 0 Å². The van der Waals surface area contributed by atoms with Gasteiger partial charge in [0.1, 0.15) is 6.04 Å². The van der Waals surface area contributed by atoms with Crippen molar-refractivity contribution in [2.45, 2.75) is 51.5 Å². The second-order valence-electron chi connectivity index (χ2n) is 7.40. The third kappa shape index (κ3) is 2.95. The molecule has 2 aliphatic rings. The molecule has 2 fully saturated rings. The summed E-state index contributed by atoms with van der Waals surface area (Å²) in [5, 5.41) is 4.56. The molecule has 0 spiro atoms. The molecule has 2 amide bonds. The molecule has 0 bridgehead atoms. The lowest BCUT2D eigenvalue weighted by Crippen LogP contribution is -2.49. The molecule has 4 heterocycles. The van der Waals surface area contributed by atoms with E-state index < -0.39 is 0 Å². The van der Waals surface area contributed by atoms with E-state index in [2.05, 4.69) is 10.1 Å². The van der Waals surface area contributed by atoms with Gasteiger partial charge in [-0.1, -0.05) is 0 Å². The third-order valence-electron chi connectivity index (χ3n) is 5.68. The highest BCUT2D eigenvalue weighted by Crippen LogP contribution is 2.29. The van der Waals surface area contributed by atoms with Crippen molar-refractivity contribution in [2.75, 3.05) is 19.6 Å². The van der Waals surface area contributed by atoms with Crippen molar-refractivity contribution in [3.05, 3.63) is 29.7 Å². The minimum absolute atomic E-state index is 0.00367. The highest BCUT2D eigenvalue weighted by atomic mass is 16.2. The molecule has 0 aliphatic carbocycles. The van der Waals surface area contributed by atoms with Gasteiger partial charge in [-0.05, 0) is 38.7 Å². The number of piperidine rings is 1. The van der Waals surface area contributed by atoms with Crippen molar-refractivity contribution in [1.29, 1.82) is 0 Å². The number of hydrogen-bond acceptors (Lipinski definition) is 4. The van der Waals surface area contributed by atoms with Crippen LogP contribution in [0.1, 0.15) is 49.9 Å². The van der Waals surface area contributed by atoms with Gasteiger partial charge in [-0.2, -0.15) is 5.10 Å². The Bertz CT molecular complexity index is 838. The average molecular weight is 355 g/mol. The van der Waals surface area contributed by atoms with E-state index in [1.165, 1.54) is 5.69 Å². The van der Waals surface area contributed by atoms with Crippen LogP contribution in [0.3, 0.4) is 0 Å². The summed E-state index contributed by atoms with van der Waals surface area (Å²) < 4.78 is 1.94. The van der Waals surface area contributed by atoms with Gasteiger partial charge in [-0.3, -0.25) is 9.59 Å². The van der Waals surface area contributed by atoms with Gasteiger partial charge < -0.3 is 9.80 Å². The Kier molecular flexibility index (Phi) is 4.38. The van der Waals surface area contributed by atoms with E-state index in [-0.39, 0.29) is 17.9 Å².